The Kier molecular flexibility index (Phi) is 5.72. The van der Waals surface area contributed by atoms with Gasteiger partial charge in [0.05, 0.1) is 5.56 Å². The molecule has 39 heavy (non-hydrogen) atoms. The Bertz CT molecular complexity index is 1590. The van der Waals surface area contributed by atoms with Gasteiger partial charge in [0, 0.05) is 36.5 Å². The largest absolute Gasteiger partial charge is 0.341 e. The van der Waals surface area contributed by atoms with Gasteiger partial charge in [0.2, 0.25) is 5.91 Å². The maximum Gasteiger partial charge on any atom is 0.255 e. The molecular formula is C31H29F2N3O3. The molecule has 1 aliphatic carbocycles. The van der Waals surface area contributed by atoms with E-state index in [0.717, 1.165) is 12.8 Å². The van der Waals surface area contributed by atoms with Gasteiger partial charge in [-0.15, -0.1) is 0 Å². The third kappa shape index (κ3) is 4.22. The van der Waals surface area contributed by atoms with Crippen LogP contribution < -0.4 is 0 Å². The van der Waals surface area contributed by atoms with Crippen molar-refractivity contribution in [2.45, 2.75) is 39.2 Å². The SMILES string of the molecule is CC1(C(=O)N2CC(CN3C(=O)C(C)(C)N=C3c3ccc(-c4ccc5cc(F)ccc5c4C=O)cc3F)C2)CC1. The first-order valence-electron chi connectivity index (χ1n) is 13.2. The van der Waals surface area contributed by atoms with Crippen LogP contribution >= 0.6 is 0 Å². The lowest BCUT2D eigenvalue weighted by Gasteiger charge is -2.42. The van der Waals surface area contributed by atoms with E-state index in [2.05, 4.69) is 4.99 Å². The van der Waals surface area contributed by atoms with E-state index in [1.807, 2.05) is 11.8 Å². The van der Waals surface area contributed by atoms with Crippen LogP contribution in [0.2, 0.25) is 0 Å². The molecule has 0 spiro atoms. The third-order valence-electron chi connectivity index (χ3n) is 8.27. The molecule has 2 heterocycles. The minimum atomic E-state index is -1.03. The van der Waals surface area contributed by atoms with Gasteiger partial charge in [0.25, 0.3) is 5.91 Å². The second-order valence-electron chi connectivity index (χ2n) is 11.8. The number of aldehydes is 1. The van der Waals surface area contributed by atoms with Crippen LogP contribution in [-0.4, -0.2) is 58.9 Å². The molecule has 200 valence electrons. The third-order valence-corrected chi connectivity index (χ3v) is 8.27. The Hall–Kier alpha value is -3.94. The molecule has 0 aromatic heterocycles. The quantitative estimate of drug-likeness (QED) is 0.411. The van der Waals surface area contributed by atoms with Crippen molar-refractivity contribution in [3.63, 3.8) is 0 Å². The van der Waals surface area contributed by atoms with E-state index in [1.165, 1.54) is 18.2 Å². The molecule has 0 unspecified atom stereocenters. The molecule has 0 N–H and O–H groups in total. The summed E-state index contributed by atoms with van der Waals surface area (Å²) >= 11 is 0. The highest BCUT2D eigenvalue weighted by Gasteiger charge is 2.50. The molecule has 0 atom stereocenters. The van der Waals surface area contributed by atoms with Crippen LogP contribution in [0.15, 0.2) is 53.5 Å². The van der Waals surface area contributed by atoms with E-state index in [-0.39, 0.29) is 34.5 Å². The lowest BCUT2D eigenvalue weighted by molar-refractivity contribution is -0.143. The van der Waals surface area contributed by atoms with Crippen molar-refractivity contribution in [3.05, 3.63) is 71.3 Å². The summed E-state index contributed by atoms with van der Waals surface area (Å²) in [5, 5.41) is 1.16. The summed E-state index contributed by atoms with van der Waals surface area (Å²) in [5.74, 6) is -0.622. The van der Waals surface area contributed by atoms with Crippen LogP contribution in [0, 0.1) is 23.0 Å². The predicted molar refractivity (Wildman–Crippen MR) is 144 cm³/mol. The van der Waals surface area contributed by atoms with Crippen molar-refractivity contribution in [2.75, 3.05) is 19.6 Å². The molecule has 1 saturated carbocycles. The maximum absolute atomic E-state index is 15.7. The summed E-state index contributed by atoms with van der Waals surface area (Å²) < 4.78 is 29.3. The normalized spacial score (nSPS) is 19.7. The number of carbonyl (C=O) groups excluding carboxylic acids is 3. The van der Waals surface area contributed by atoms with Crippen molar-refractivity contribution < 1.29 is 23.2 Å². The topological polar surface area (TPSA) is 70.1 Å². The lowest BCUT2D eigenvalue weighted by atomic mass is 9.93. The first-order valence-corrected chi connectivity index (χ1v) is 13.2. The highest BCUT2D eigenvalue weighted by Crippen LogP contribution is 2.47. The molecule has 3 aromatic carbocycles. The molecule has 0 bridgehead atoms. The molecule has 3 aliphatic rings. The number of rotatable bonds is 6. The van der Waals surface area contributed by atoms with Crippen LogP contribution in [0.4, 0.5) is 8.78 Å². The van der Waals surface area contributed by atoms with Crippen LogP contribution in [0.1, 0.15) is 49.5 Å². The predicted octanol–water partition coefficient (Wildman–Crippen LogP) is 5.22. The second kappa shape index (κ2) is 8.79. The van der Waals surface area contributed by atoms with Gasteiger partial charge >= 0.3 is 0 Å². The monoisotopic (exact) mass is 529 g/mol. The van der Waals surface area contributed by atoms with E-state index in [1.54, 1.807) is 49.1 Å². The Morgan fingerprint density at radius 3 is 2.41 bits per heavy atom. The molecule has 0 radical (unpaired) electrons. The molecular weight excluding hydrogens is 500 g/mol. The second-order valence-corrected chi connectivity index (χ2v) is 11.8. The zero-order valence-electron chi connectivity index (χ0n) is 22.1. The molecule has 6 rings (SSSR count). The number of nitrogens with zero attached hydrogens (tertiary/aromatic N) is 3. The van der Waals surface area contributed by atoms with E-state index >= 15 is 4.39 Å². The van der Waals surface area contributed by atoms with Crippen molar-refractivity contribution in [1.82, 2.24) is 9.80 Å². The van der Waals surface area contributed by atoms with Gasteiger partial charge in [-0.05, 0) is 72.9 Å². The number of likely N-dealkylation sites (tertiary alicyclic amines) is 1. The summed E-state index contributed by atoms with van der Waals surface area (Å²) in [4.78, 5) is 45.8. The van der Waals surface area contributed by atoms with E-state index in [9.17, 15) is 18.8 Å². The first-order chi connectivity index (χ1) is 18.5. The van der Waals surface area contributed by atoms with Gasteiger partial charge in [-0.25, -0.2) is 8.78 Å². The van der Waals surface area contributed by atoms with Crippen LogP contribution in [0.3, 0.4) is 0 Å². The Morgan fingerprint density at radius 2 is 1.74 bits per heavy atom. The highest BCUT2D eigenvalue weighted by atomic mass is 19.1. The number of hydrogen-bond donors (Lipinski definition) is 0. The molecule has 2 aliphatic heterocycles. The number of hydrogen-bond acceptors (Lipinski definition) is 4. The molecule has 3 aromatic rings. The molecule has 6 nitrogen and oxygen atoms in total. The van der Waals surface area contributed by atoms with E-state index in [0.29, 0.717) is 53.4 Å². The molecule has 8 heteroatoms. The van der Waals surface area contributed by atoms with Crippen molar-refractivity contribution >= 4 is 34.7 Å². The van der Waals surface area contributed by atoms with E-state index < -0.39 is 17.2 Å². The zero-order valence-corrected chi connectivity index (χ0v) is 22.1. The minimum Gasteiger partial charge on any atom is -0.341 e. The van der Waals surface area contributed by atoms with Gasteiger partial charge in [-0.1, -0.05) is 31.2 Å². The van der Waals surface area contributed by atoms with Crippen LogP contribution in [0.25, 0.3) is 21.9 Å². The maximum atomic E-state index is 15.7. The molecule has 1 saturated heterocycles. The number of amidine groups is 1. The number of carbonyl (C=O) groups is 3. The number of aliphatic imine (C=N–C) groups is 1. The fraction of sp³-hybridized carbons (Fsp3) is 0.355. The van der Waals surface area contributed by atoms with Crippen molar-refractivity contribution in [2.24, 2.45) is 16.3 Å². The lowest BCUT2D eigenvalue weighted by Crippen LogP contribution is -2.56. The smallest absolute Gasteiger partial charge is 0.255 e. The molecule has 2 fully saturated rings. The van der Waals surface area contributed by atoms with Crippen LogP contribution in [0.5, 0.6) is 0 Å². The average Bonchev–Trinajstić information content (AvgIpc) is 3.59. The Morgan fingerprint density at radius 1 is 1.03 bits per heavy atom. The Balaban J connectivity index is 1.28. The van der Waals surface area contributed by atoms with Crippen molar-refractivity contribution in [1.29, 1.82) is 0 Å². The average molecular weight is 530 g/mol. The summed E-state index contributed by atoms with van der Waals surface area (Å²) in [6, 6.07) is 12.2. The number of halogens is 2. The highest BCUT2D eigenvalue weighted by molar-refractivity contribution is 6.15. The molecule has 2 amide bonds. The summed E-state index contributed by atoms with van der Waals surface area (Å²) in [5.41, 5.74) is 0.311. The van der Waals surface area contributed by atoms with Gasteiger partial charge in [-0.3, -0.25) is 24.3 Å². The number of benzene rings is 3. The minimum absolute atomic E-state index is 0.0965. The van der Waals surface area contributed by atoms with Gasteiger partial charge in [0.1, 0.15) is 23.0 Å². The summed E-state index contributed by atoms with van der Waals surface area (Å²) in [6.07, 6.45) is 2.54. The van der Waals surface area contributed by atoms with Crippen LogP contribution in [-0.2, 0) is 9.59 Å². The van der Waals surface area contributed by atoms with Crippen molar-refractivity contribution in [3.8, 4) is 11.1 Å². The fourth-order valence-corrected chi connectivity index (χ4v) is 5.63. The number of amides is 2. The standard InChI is InChI=1S/C31H29F2N3O3/c1-30(2)28(38)36(16-18-14-35(15-18)29(39)31(3)10-11-31)27(34-30)24-8-5-20(13-26(24)33)22-7-4-19-12-21(32)6-9-23(19)25(22)17-37/h4-9,12-13,17-18H,10-11,14-16H2,1-3H3. The van der Waals surface area contributed by atoms with Gasteiger partial charge in [-0.2, -0.15) is 0 Å². The summed E-state index contributed by atoms with van der Waals surface area (Å²) in [6.45, 7) is 6.92. The van der Waals surface area contributed by atoms with Gasteiger partial charge < -0.3 is 4.90 Å². The first kappa shape index (κ1) is 25.3. The fourth-order valence-electron chi connectivity index (χ4n) is 5.63. The van der Waals surface area contributed by atoms with Gasteiger partial charge in [0.15, 0.2) is 6.29 Å². The number of fused-ring (bicyclic) bond motifs is 1. The van der Waals surface area contributed by atoms with E-state index in [4.69, 9.17) is 0 Å². The Labute approximate surface area is 225 Å². The zero-order chi connectivity index (χ0) is 27.7. The summed E-state index contributed by atoms with van der Waals surface area (Å²) in [7, 11) is 0.